The number of imidazole rings is 1. The van der Waals surface area contributed by atoms with E-state index in [0.29, 0.717) is 30.0 Å². The van der Waals surface area contributed by atoms with Gasteiger partial charge in [-0.3, -0.25) is 4.79 Å². The number of anilines is 1. The van der Waals surface area contributed by atoms with Crippen LogP contribution in [0.1, 0.15) is 24.1 Å². The number of carboxylic acids is 1. The van der Waals surface area contributed by atoms with Crippen molar-refractivity contribution in [2.75, 3.05) is 18.0 Å². The number of aromatic nitrogens is 3. The van der Waals surface area contributed by atoms with Crippen molar-refractivity contribution in [1.29, 1.82) is 0 Å². The molecule has 1 aliphatic rings. The van der Waals surface area contributed by atoms with Crippen LogP contribution in [0.2, 0.25) is 0 Å². The third kappa shape index (κ3) is 5.19. The fourth-order valence-corrected chi connectivity index (χ4v) is 3.62. The second-order valence-corrected chi connectivity index (χ2v) is 7.57. The van der Waals surface area contributed by atoms with Crippen LogP contribution in [-0.2, 0) is 17.4 Å². The minimum atomic E-state index is -4.47. The van der Waals surface area contributed by atoms with E-state index in [1.807, 2.05) is 6.07 Å². The summed E-state index contributed by atoms with van der Waals surface area (Å²) in [6.07, 6.45) is -0.708. The number of nitrogens with zero attached hydrogens (tertiary/aromatic N) is 3. The Hall–Kier alpha value is -3.56. The van der Waals surface area contributed by atoms with Gasteiger partial charge in [0.05, 0.1) is 12.6 Å². The fraction of sp³-hybridized carbons (Fsp3) is 0.318. The Morgan fingerprint density at radius 2 is 1.94 bits per heavy atom. The number of nitrogens with one attached hydrogen (secondary N) is 1. The first-order chi connectivity index (χ1) is 15.3. The molecule has 0 spiro atoms. The van der Waals surface area contributed by atoms with Crippen LogP contribution in [0.5, 0.6) is 5.75 Å². The lowest BCUT2D eigenvalue weighted by Gasteiger charge is -2.33. The third-order valence-corrected chi connectivity index (χ3v) is 5.23. The van der Waals surface area contributed by atoms with Gasteiger partial charge < -0.3 is 19.7 Å². The van der Waals surface area contributed by atoms with E-state index in [-0.39, 0.29) is 18.3 Å². The summed E-state index contributed by atoms with van der Waals surface area (Å²) in [7, 11) is 0. The summed E-state index contributed by atoms with van der Waals surface area (Å²) in [6.45, 7) is 1.43. The van der Waals surface area contributed by atoms with Crippen LogP contribution >= 0.6 is 0 Å². The number of carboxylic acid groups (broad SMARTS) is 1. The maximum Gasteiger partial charge on any atom is 0.432 e. The summed E-state index contributed by atoms with van der Waals surface area (Å²) >= 11 is 0. The van der Waals surface area contributed by atoms with Crippen LogP contribution in [0.15, 0.2) is 48.8 Å². The van der Waals surface area contributed by atoms with Gasteiger partial charge in [0.2, 0.25) is 0 Å². The number of aliphatic carboxylic acids is 1. The number of benzene rings is 1. The number of rotatable bonds is 6. The van der Waals surface area contributed by atoms with E-state index in [4.69, 9.17) is 9.84 Å². The predicted octanol–water partition coefficient (Wildman–Crippen LogP) is 4.17. The van der Waals surface area contributed by atoms with E-state index in [1.54, 1.807) is 30.3 Å². The molecule has 32 heavy (non-hydrogen) atoms. The summed E-state index contributed by atoms with van der Waals surface area (Å²) in [5.41, 5.74) is 0.270. The molecule has 0 atom stereocenters. The van der Waals surface area contributed by atoms with E-state index in [1.165, 1.54) is 6.20 Å². The molecule has 2 aromatic heterocycles. The molecule has 0 amide bonds. The molecule has 0 unspecified atom stereocenters. The molecule has 7 nitrogen and oxygen atoms in total. The van der Waals surface area contributed by atoms with Gasteiger partial charge in [-0.15, -0.1) is 0 Å². The van der Waals surface area contributed by atoms with Crippen molar-refractivity contribution in [2.45, 2.75) is 31.5 Å². The maximum atomic E-state index is 12.7. The van der Waals surface area contributed by atoms with Gasteiger partial charge in [-0.2, -0.15) is 13.2 Å². The van der Waals surface area contributed by atoms with Gasteiger partial charge >= 0.3 is 12.1 Å². The zero-order chi connectivity index (χ0) is 22.7. The Bertz CT molecular complexity index is 1070. The van der Waals surface area contributed by atoms with Gasteiger partial charge in [-0.25, -0.2) is 9.97 Å². The van der Waals surface area contributed by atoms with Crippen molar-refractivity contribution in [1.82, 2.24) is 15.0 Å². The first-order valence-electron chi connectivity index (χ1n) is 10.1. The fourth-order valence-electron chi connectivity index (χ4n) is 3.62. The molecule has 1 fully saturated rings. The Balaban J connectivity index is 1.33. The quantitative estimate of drug-likeness (QED) is 0.591. The monoisotopic (exact) mass is 446 g/mol. The van der Waals surface area contributed by atoms with Gasteiger partial charge in [0.15, 0.2) is 0 Å². The SMILES string of the molecule is O=C(O)Cc1cccc(OC2CCN(c3ccc(-c4ncc(C(F)(F)F)[nH]4)cn3)CC2)c1. The van der Waals surface area contributed by atoms with Gasteiger partial charge in [0.25, 0.3) is 0 Å². The summed E-state index contributed by atoms with van der Waals surface area (Å²) in [6, 6.07) is 10.6. The predicted molar refractivity (Wildman–Crippen MR) is 110 cm³/mol. The molecule has 0 saturated carbocycles. The van der Waals surface area contributed by atoms with E-state index < -0.39 is 17.8 Å². The number of alkyl halides is 3. The van der Waals surface area contributed by atoms with E-state index >= 15 is 0 Å². The van der Waals surface area contributed by atoms with E-state index in [0.717, 1.165) is 24.9 Å². The van der Waals surface area contributed by atoms with Crippen molar-refractivity contribution in [2.24, 2.45) is 0 Å². The van der Waals surface area contributed by atoms with Crippen LogP contribution in [0, 0.1) is 0 Å². The number of H-pyrrole nitrogens is 1. The Kier molecular flexibility index (Phi) is 6.02. The number of hydrogen-bond acceptors (Lipinski definition) is 5. The highest BCUT2D eigenvalue weighted by Gasteiger charge is 2.33. The van der Waals surface area contributed by atoms with Crippen molar-refractivity contribution in [3.63, 3.8) is 0 Å². The molecule has 168 valence electrons. The largest absolute Gasteiger partial charge is 0.490 e. The number of carbonyl (C=O) groups is 1. The van der Waals surface area contributed by atoms with Gasteiger partial charge in [-0.1, -0.05) is 12.1 Å². The molecular formula is C22H21F3N4O3. The molecular weight excluding hydrogens is 425 g/mol. The molecule has 0 radical (unpaired) electrons. The van der Waals surface area contributed by atoms with Gasteiger partial charge in [-0.05, 0) is 29.8 Å². The second-order valence-electron chi connectivity index (χ2n) is 7.57. The standard InChI is InChI=1S/C22H21F3N4O3/c23-22(24,25)18-13-27-21(28-18)15-4-5-19(26-12-15)29-8-6-16(7-9-29)32-17-3-1-2-14(10-17)11-20(30)31/h1-5,10,12-13,16H,6-9,11H2,(H,27,28)(H,30,31). The number of hydrogen-bond donors (Lipinski definition) is 2. The summed E-state index contributed by atoms with van der Waals surface area (Å²) in [5, 5.41) is 8.93. The molecule has 1 aliphatic heterocycles. The highest BCUT2D eigenvalue weighted by molar-refractivity contribution is 5.70. The summed E-state index contributed by atoms with van der Waals surface area (Å²) in [4.78, 5) is 23.4. The number of pyridine rings is 1. The maximum absolute atomic E-state index is 12.7. The average Bonchev–Trinajstić information content (AvgIpc) is 3.25. The minimum absolute atomic E-state index is 0.00881. The molecule has 4 rings (SSSR count). The Morgan fingerprint density at radius 3 is 2.56 bits per heavy atom. The van der Waals surface area contributed by atoms with Crippen molar-refractivity contribution >= 4 is 11.8 Å². The Labute approximate surface area is 181 Å². The minimum Gasteiger partial charge on any atom is -0.490 e. The molecule has 1 aromatic carbocycles. The smallest absolute Gasteiger partial charge is 0.432 e. The molecule has 0 aliphatic carbocycles. The lowest BCUT2D eigenvalue weighted by molar-refractivity contribution is -0.141. The number of piperidine rings is 1. The van der Waals surface area contributed by atoms with E-state index in [9.17, 15) is 18.0 Å². The Morgan fingerprint density at radius 1 is 1.16 bits per heavy atom. The van der Waals surface area contributed by atoms with Crippen LogP contribution in [0.25, 0.3) is 11.4 Å². The number of halogens is 3. The first-order valence-corrected chi connectivity index (χ1v) is 10.1. The zero-order valence-corrected chi connectivity index (χ0v) is 17.0. The average molecular weight is 446 g/mol. The van der Waals surface area contributed by atoms with Crippen LogP contribution < -0.4 is 9.64 Å². The summed E-state index contributed by atoms with van der Waals surface area (Å²) in [5.74, 6) is 0.620. The lowest BCUT2D eigenvalue weighted by atomic mass is 10.1. The highest BCUT2D eigenvalue weighted by atomic mass is 19.4. The molecule has 10 heteroatoms. The normalized spacial score (nSPS) is 15.0. The molecule has 0 bridgehead atoms. The zero-order valence-electron chi connectivity index (χ0n) is 17.0. The number of aromatic amines is 1. The van der Waals surface area contributed by atoms with E-state index in [2.05, 4.69) is 19.9 Å². The van der Waals surface area contributed by atoms with Crippen LogP contribution in [-0.4, -0.2) is 45.2 Å². The molecule has 1 saturated heterocycles. The molecule has 3 heterocycles. The second kappa shape index (κ2) is 8.89. The third-order valence-electron chi connectivity index (χ3n) is 5.23. The topological polar surface area (TPSA) is 91.3 Å². The van der Waals surface area contributed by atoms with Crippen molar-refractivity contribution < 1.29 is 27.8 Å². The number of ether oxygens (including phenoxy) is 1. The summed E-state index contributed by atoms with van der Waals surface area (Å²) < 4.78 is 44.2. The van der Waals surface area contributed by atoms with Gasteiger partial charge in [0.1, 0.15) is 29.2 Å². The first kappa shape index (κ1) is 21.7. The highest BCUT2D eigenvalue weighted by Crippen LogP contribution is 2.30. The molecule has 2 N–H and O–H groups in total. The van der Waals surface area contributed by atoms with Gasteiger partial charge in [0, 0.05) is 37.7 Å². The van der Waals surface area contributed by atoms with Crippen molar-refractivity contribution in [3.8, 4) is 17.1 Å². The molecule has 3 aromatic rings. The lowest BCUT2D eigenvalue weighted by Crippen LogP contribution is -2.38. The van der Waals surface area contributed by atoms with Crippen LogP contribution in [0.3, 0.4) is 0 Å². The van der Waals surface area contributed by atoms with Crippen LogP contribution in [0.4, 0.5) is 19.0 Å². The van der Waals surface area contributed by atoms with Crippen molar-refractivity contribution in [3.05, 3.63) is 60.0 Å².